The van der Waals surface area contributed by atoms with Crippen molar-refractivity contribution in [3.05, 3.63) is 59.7 Å². The lowest BCUT2D eigenvalue weighted by molar-refractivity contribution is -0.138. The Morgan fingerprint density at radius 1 is 0.935 bits per heavy atom. The van der Waals surface area contributed by atoms with E-state index in [2.05, 4.69) is 22.8 Å². The zero-order valence-electron chi connectivity index (χ0n) is 17.9. The van der Waals surface area contributed by atoms with Gasteiger partial charge < -0.3 is 20.5 Å². The van der Waals surface area contributed by atoms with Crippen LogP contribution in [0.1, 0.15) is 44.2 Å². The zero-order chi connectivity index (χ0) is 22.5. The Bertz CT molecular complexity index is 926. The molecule has 0 aliphatic heterocycles. The number of benzene rings is 2. The molecule has 0 saturated heterocycles. The van der Waals surface area contributed by atoms with E-state index in [0.717, 1.165) is 22.3 Å². The van der Waals surface area contributed by atoms with Crippen molar-refractivity contribution in [1.82, 2.24) is 10.6 Å². The summed E-state index contributed by atoms with van der Waals surface area (Å²) in [6.45, 7) is 5.35. The van der Waals surface area contributed by atoms with Crippen LogP contribution in [0.5, 0.6) is 0 Å². The number of hydrogen-bond donors (Lipinski definition) is 3. The van der Waals surface area contributed by atoms with Crippen molar-refractivity contribution in [2.24, 2.45) is 5.92 Å². The number of nitrogens with one attached hydrogen (secondary N) is 2. The average Bonchev–Trinajstić information content (AvgIpc) is 3.05. The molecule has 164 valence electrons. The normalized spacial score (nSPS) is 14.3. The standard InChI is InChI=1S/C24H28N2O5/c1-14(2)21(12-22(27)28)26-23(29)15(3)25-24(30)31-13-20-18-10-6-4-8-16(18)17-9-5-7-11-19(17)20/h4-11,14-15,20-21H,12-13H2,1-3H3,(H,25,30)(H,26,29)(H,27,28)/t15-,21?/m1/s1. The molecule has 0 saturated carbocycles. The number of carbonyl (C=O) groups is 3. The maximum Gasteiger partial charge on any atom is 0.407 e. The van der Waals surface area contributed by atoms with Crippen molar-refractivity contribution in [2.45, 2.75) is 45.2 Å². The van der Waals surface area contributed by atoms with Crippen LogP contribution in [0.3, 0.4) is 0 Å². The Balaban J connectivity index is 1.58. The number of carboxylic acid groups (broad SMARTS) is 1. The molecule has 0 fully saturated rings. The predicted octanol–water partition coefficient (Wildman–Crippen LogP) is 3.53. The van der Waals surface area contributed by atoms with Crippen molar-refractivity contribution < 1.29 is 24.2 Å². The summed E-state index contributed by atoms with van der Waals surface area (Å²) in [7, 11) is 0. The molecule has 3 rings (SSSR count). The molecule has 0 aromatic heterocycles. The molecule has 31 heavy (non-hydrogen) atoms. The third-order valence-electron chi connectivity index (χ3n) is 5.60. The van der Waals surface area contributed by atoms with Gasteiger partial charge in [0.15, 0.2) is 0 Å². The highest BCUT2D eigenvalue weighted by Gasteiger charge is 2.29. The van der Waals surface area contributed by atoms with E-state index in [1.54, 1.807) is 0 Å². The van der Waals surface area contributed by atoms with Crippen LogP contribution in [0.4, 0.5) is 4.79 Å². The van der Waals surface area contributed by atoms with Crippen molar-refractivity contribution in [1.29, 1.82) is 0 Å². The number of hydrogen-bond acceptors (Lipinski definition) is 4. The van der Waals surface area contributed by atoms with E-state index < -0.39 is 30.1 Å². The Labute approximate surface area is 181 Å². The van der Waals surface area contributed by atoms with Gasteiger partial charge in [-0.25, -0.2) is 4.79 Å². The molecule has 7 heteroatoms. The Morgan fingerprint density at radius 3 is 2.00 bits per heavy atom. The monoisotopic (exact) mass is 424 g/mol. The first-order valence-electron chi connectivity index (χ1n) is 10.4. The van der Waals surface area contributed by atoms with E-state index in [9.17, 15) is 14.4 Å². The number of rotatable bonds is 8. The molecular formula is C24H28N2O5. The summed E-state index contributed by atoms with van der Waals surface area (Å²) in [5.74, 6) is -1.56. The van der Waals surface area contributed by atoms with Gasteiger partial charge in [0.25, 0.3) is 0 Å². The van der Waals surface area contributed by atoms with Crippen molar-refractivity contribution >= 4 is 18.0 Å². The highest BCUT2D eigenvalue weighted by Crippen LogP contribution is 2.44. The molecule has 1 aliphatic rings. The molecule has 0 spiro atoms. The molecule has 2 atom stereocenters. The van der Waals surface area contributed by atoms with E-state index in [0.29, 0.717) is 0 Å². The van der Waals surface area contributed by atoms with E-state index in [4.69, 9.17) is 9.84 Å². The molecule has 7 nitrogen and oxygen atoms in total. The second-order valence-electron chi connectivity index (χ2n) is 8.15. The first-order chi connectivity index (χ1) is 14.8. The minimum absolute atomic E-state index is 0.0540. The quantitative estimate of drug-likeness (QED) is 0.601. The summed E-state index contributed by atoms with van der Waals surface area (Å²) in [4.78, 5) is 35.7. The van der Waals surface area contributed by atoms with E-state index >= 15 is 0 Å². The predicted molar refractivity (Wildman–Crippen MR) is 117 cm³/mol. The molecule has 0 heterocycles. The van der Waals surface area contributed by atoms with Crippen LogP contribution < -0.4 is 10.6 Å². The van der Waals surface area contributed by atoms with Crippen LogP contribution in [0.15, 0.2) is 48.5 Å². The lowest BCUT2D eigenvalue weighted by atomic mass is 9.98. The minimum atomic E-state index is -0.990. The van der Waals surface area contributed by atoms with Gasteiger partial charge in [0, 0.05) is 12.0 Å². The molecule has 0 bridgehead atoms. The number of carbonyl (C=O) groups excluding carboxylic acids is 2. The lowest BCUT2D eigenvalue weighted by Crippen LogP contribution is -2.50. The van der Waals surface area contributed by atoms with Crippen molar-refractivity contribution in [2.75, 3.05) is 6.61 Å². The number of aliphatic carboxylic acids is 1. The molecule has 1 unspecified atom stereocenters. The molecular weight excluding hydrogens is 396 g/mol. The molecule has 2 amide bonds. The van der Waals surface area contributed by atoms with Gasteiger partial charge in [-0.1, -0.05) is 62.4 Å². The van der Waals surface area contributed by atoms with Gasteiger partial charge in [-0.2, -0.15) is 0 Å². The summed E-state index contributed by atoms with van der Waals surface area (Å²) in [6.07, 6.45) is -0.870. The summed E-state index contributed by atoms with van der Waals surface area (Å²) in [5.41, 5.74) is 4.49. The largest absolute Gasteiger partial charge is 0.481 e. The highest BCUT2D eigenvalue weighted by molar-refractivity contribution is 5.86. The number of ether oxygens (including phenoxy) is 1. The third kappa shape index (κ3) is 5.23. The second-order valence-corrected chi connectivity index (χ2v) is 8.15. The Morgan fingerprint density at radius 2 is 1.48 bits per heavy atom. The second kappa shape index (κ2) is 9.64. The molecule has 2 aromatic rings. The smallest absolute Gasteiger partial charge is 0.407 e. The van der Waals surface area contributed by atoms with Crippen molar-refractivity contribution in [3.63, 3.8) is 0 Å². The molecule has 1 aliphatic carbocycles. The van der Waals surface area contributed by atoms with Crippen LogP contribution >= 0.6 is 0 Å². The van der Waals surface area contributed by atoms with Gasteiger partial charge in [0.2, 0.25) is 5.91 Å². The third-order valence-corrected chi connectivity index (χ3v) is 5.60. The Kier molecular flexibility index (Phi) is 6.95. The Hall–Kier alpha value is -3.35. The van der Waals surface area contributed by atoms with Gasteiger partial charge in [0.05, 0.1) is 6.42 Å². The van der Waals surface area contributed by atoms with Crippen LogP contribution in [0.2, 0.25) is 0 Å². The van der Waals surface area contributed by atoms with Gasteiger partial charge in [-0.05, 0) is 35.1 Å². The van der Waals surface area contributed by atoms with Crippen LogP contribution in [-0.4, -0.2) is 41.8 Å². The topological polar surface area (TPSA) is 105 Å². The zero-order valence-corrected chi connectivity index (χ0v) is 17.9. The van der Waals surface area contributed by atoms with Gasteiger partial charge in [-0.15, -0.1) is 0 Å². The van der Waals surface area contributed by atoms with Gasteiger partial charge in [-0.3, -0.25) is 9.59 Å². The minimum Gasteiger partial charge on any atom is -0.481 e. The fourth-order valence-corrected chi connectivity index (χ4v) is 3.83. The fraction of sp³-hybridized carbons (Fsp3) is 0.375. The van der Waals surface area contributed by atoms with E-state index in [-0.39, 0.29) is 24.9 Å². The molecule has 0 radical (unpaired) electrons. The SMILES string of the molecule is CC(C)C(CC(=O)O)NC(=O)[C@@H](C)NC(=O)OCC1c2ccccc2-c2ccccc21. The number of carboxylic acids is 1. The summed E-state index contributed by atoms with van der Waals surface area (Å²) < 4.78 is 5.45. The highest BCUT2D eigenvalue weighted by atomic mass is 16.5. The van der Waals surface area contributed by atoms with Crippen LogP contribution in [0, 0.1) is 5.92 Å². The molecule has 2 aromatic carbocycles. The maximum absolute atomic E-state index is 12.4. The van der Waals surface area contributed by atoms with E-state index in [1.165, 1.54) is 6.92 Å². The van der Waals surface area contributed by atoms with Gasteiger partial charge >= 0.3 is 12.1 Å². The van der Waals surface area contributed by atoms with Gasteiger partial charge in [0.1, 0.15) is 12.6 Å². The van der Waals surface area contributed by atoms with Crippen LogP contribution in [0.25, 0.3) is 11.1 Å². The van der Waals surface area contributed by atoms with Crippen LogP contribution in [-0.2, 0) is 14.3 Å². The van der Waals surface area contributed by atoms with E-state index in [1.807, 2.05) is 50.2 Å². The number of alkyl carbamates (subject to hydrolysis) is 1. The summed E-state index contributed by atoms with van der Waals surface area (Å²) in [5, 5.41) is 14.2. The fourth-order valence-electron chi connectivity index (χ4n) is 3.83. The first-order valence-corrected chi connectivity index (χ1v) is 10.4. The lowest BCUT2D eigenvalue weighted by Gasteiger charge is -2.23. The van der Waals surface area contributed by atoms with Crippen molar-refractivity contribution in [3.8, 4) is 11.1 Å². The summed E-state index contributed by atoms with van der Waals surface area (Å²) in [6, 6.07) is 14.7. The number of amides is 2. The summed E-state index contributed by atoms with van der Waals surface area (Å²) >= 11 is 0. The molecule has 3 N–H and O–H groups in total. The average molecular weight is 424 g/mol. The number of fused-ring (bicyclic) bond motifs is 3. The maximum atomic E-state index is 12.4. The first kappa shape index (κ1) is 22.3.